The van der Waals surface area contributed by atoms with Crippen LogP contribution in [0, 0.1) is 0 Å². The standard InChI is InChI=1S/C4H8ClNO/c1-2-4(7)6-3-5/h2-3H2,1H3,(H,6,7). The molecule has 0 atom stereocenters. The van der Waals surface area contributed by atoms with E-state index in [9.17, 15) is 4.79 Å². The zero-order valence-electron chi connectivity index (χ0n) is 4.20. The van der Waals surface area contributed by atoms with Crippen molar-refractivity contribution < 1.29 is 4.79 Å². The summed E-state index contributed by atoms with van der Waals surface area (Å²) >= 11 is 5.14. The fraction of sp³-hybridized carbons (Fsp3) is 0.750. The van der Waals surface area contributed by atoms with Gasteiger partial charge in [-0.3, -0.25) is 4.79 Å². The zero-order chi connectivity index (χ0) is 5.70. The van der Waals surface area contributed by atoms with E-state index in [-0.39, 0.29) is 11.9 Å². The van der Waals surface area contributed by atoms with Crippen LogP contribution in [0.3, 0.4) is 0 Å². The third kappa shape index (κ3) is 3.59. The van der Waals surface area contributed by atoms with Crippen LogP contribution in [-0.4, -0.2) is 11.9 Å². The van der Waals surface area contributed by atoms with Crippen molar-refractivity contribution in [2.24, 2.45) is 0 Å². The van der Waals surface area contributed by atoms with E-state index in [0.29, 0.717) is 6.42 Å². The Balaban J connectivity index is 3.00. The molecule has 0 bridgehead atoms. The lowest BCUT2D eigenvalue weighted by Crippen LogP contribution is -2.19. The molecule has 0 radical (unpaired) electrons. The van der Waals surface area contributed by atoms with E-state index in [0.717, 1.165) is 0 Å². The number of amides is 1. The van der Waals surface area contributed by atoms with Crippen molar-refractivity contribution >= 4 is 17.5 Å². The third-order valence-corrected chi connectivity index (χ3v) is 0.719. The smallest absolute Gasteiger partial charge is 0.220 e. The van der Waals surface area contributed by atoms with Gasteiger partial charge in [0.2, 0.25) is 5.91 Å². The summed E-state index contributed by atoms with van der Waals surface area (Å²) in [5.41, 5.74) is 0. The lowest BCUT2D eigenvalue weighted by atomic mass is 10.5. The molecule has 0 saturated heterocycles. The Kier molecular flexibility index (Phi) is 3.80. The fourth-order valence-corrected chi connectivity index (χ4v) is 0.349. The van der Waals surface area contributed by atoms with Gasteiger partial charge in [0, 0.05) is 6.42 Å². The first-order valence-corrected chi connectivity index (χ1v) is 2.67. The van der Waals surface area contributed by atoms with Crippen LogP contribution in [-0.2, 0) is 4.79 Å². The summed E-state index contributed by atoms with van der Waals surface area (Å²) in [6.07, 6.45) is 0.507. The number of rotatable bonds is 2. The lowest BCUT2D eigenvalue weighted by Gasteiger charge is -1.92. The summed E-state index contributed by atoms with van der Waals surface area (Å²) in [6, 6.07) is 0.215. The topological polar surface area (TPSA) is 29.1 Å². The van der Waals surface area contributed by atoms with Crippen molar-refractivity contribution in [1.82, 2.24) is 5.32 Å². The predicted molar refractivity (Wildman–Crippen MR) is 29.2 cm³/mol. The Morgan fingerprint density at radius 3 is 2.57 bits per heavy atom. The zero-order valence-corrected chi connectivity index (χ0v) is 4.96. The number of carbonyl (C=O) groups excluding carboxylic acids is 1. The highest BCUT2D eigenvalue weighted by molar-refractivity contribution is 6.18. The first-order chi connectivity index (χ1) is 3.31. The van der Waals surface area contributed by atoms with E-state index >= 15 is 0 Å². The SMILES string of the molecule is CCC(=O)NCCl. The first-order valence-electron chi connectivity index (χ1n) is 2.14. The van der Waals surface area contributed by atoms with Crippen LogP contribution in [0.5, 0.6) is 0 Å². The molecule has 0 spiro atoms. The number of carbonyl (C=O) groups is 1. The predicted octanol–water partition coefficient (Wildman–Crippen LogP) is 0.709. The van der Waals surface area contributed by atoms with Gasteiger partial charge in [-0.15, -0.1) is 11.6 Å². The number of nitrogens with one attached hydrogen (secondary N) is 1. The van der Waals surface area contributed by atoms with Crippen LogP contribution in [0.1, 0.15) is 13.3 Å². The molecule has 7 heavy (non-hydrogen) atoms. The maximum Gasteiger partial charge on any atom is 0.220 e. The Bertz CT molecular complexity index is 64.7. The van der Waals surface area contributed by atoms with Crippen LogP contribution < -0.4 is 5.32 Å². The van der Waals surface area contributed by atoms with E-state index in [2.05, 4.69) is 5.32 Å². The fourth-order valence-electron chi connectivity index (χ4n) is 0.200. The maximum absolute atomic E-state index is 10.2. The quantitative estimate of drug-likeness (QED) is 0.423. The monoisotopic (exact) mass is 121 g/mol. The molecule has 0 heterocycles. The number of halogens is 1. The summed E-state index contributed by atoms with van der Waals surface area (Å²) in [6.45, 7) is 1.78. The molecule has 42 valence electrons. The van der Waals surface area contributed by atoms with Gasteiger partial charge in [-0.2, -0.15) is 0 Å². The largest absolute Gasteiger partial charge is 0.343 e. The molecule has 0 fully saturated rings. The molecule has 2 nitrogen and oxygen atoms in total. The summed E-state index contributed by atoms with van der Waals surface area (Å²) in [5, 5.41) is 2.42. The number of alkyl halides is 1. The van der Waals surface area contributed by atoms with E-state index in [1.165, 1.54) is 0 Å². The summed E-state index contributed by atoms with van der Waals surface area (Å²) in [4.78, 5) is 10.2. The highest BCUT2D eigenvalue weighted by atomic mass is 35.5. The second-order valence-electron chi connectivity index (χ2n) is 1.09. The van der Waals surface area contributed by atoms with Gasteiger partial charge >= 0.3 is 0 Å². The highest BCUT2D eigenvalue weighted by Crippen LogP contribution is 1.74. The van der Waals surface area contributed by atoms with Gasteiger partial charge < -0.3 is 5.32 Å². The molecule has 0 aliphatic rings. The average molecular weight is 122 g/mol. The molecule has 0 aliphatic carbocycles. The van der Waals surface area contributed by atoms with E-state index < -0.39 is 0 Å². The molecule has 1 N–H and O–H groups in total. The lowest BCUT2D eigenvalue weighted by molar-refractivity contribution is -0.120. The molecule has 0 aromatic heterocycles. The van der Waals surface area contributed by atoms with Crippen molar-refractivity contribution in [3.8, 4) is 0 Å². The average Bonchev–Trinajstić information content (AvgIpc) is 1.68. The minimum atomic E-state index is -0.00463. The van der Waals surface area contributed by atoms with Crippen LogP contribution in [0.2, 0.25) is 0 Å². The van der Waals surface area contributed by atoms with E-state index in [1.807, 2.05) is 0 Å². The normalized spacial score (nSPS) is 8.29. The van der Waals surface area contributed by atoms with Gasteiger partial charge in [0.1, 0.15) is 0 Å². The van der Waals surface area contributed by atoms with Crippen molar-refractivity contribution in [2.45, 2.75) is 13.3 Å². The number of hydrogen-bond acceptors (Lipinski definition) is 1. The van der Waals surface area contributed by atoms with Crippen molar-refractivity contribution in [3.05, 3.63) is 0 Å². The minimum absolute atomic E-state index is 0.00463. The van der Waals surface area contributed by atoms with Gasteiger partial charge in [0.25, 0.3) is 0 Å². The first kappa shape index (κ1) is 6.76. The Labute approximate surface area is 47.8 Å². The molecule has 1 amide bonds. The second kappa shape index (κ2) is 3.93. The second-order valence-corrected chi connectivity index (χ2v) is 1.35. The minimum Gasteiger partial charge on any atom is -0.343 e. The van der Waals surface area contributed by atoms with Gasteiger partial charge in [-0.25, -0.2) is 0 Å². The van der Waals surface area contributed by atoms with E-state index in [1.54, 1.807) is 6.92 Å². The summed E-state index contributed by atoms with van der Waals surface area (Å²) in [5.74, 6) is -0.00463. The van der Waals surface area contributed by atoms with Crippen LogP contribution in [0.4, 0.5) is 0 Å². The molecule has 0 aliphatic heterocycles. The molecule has 0 unspecified atom stereocenters. The molecule has 0 rings (SSSR count). The Morgan fingerprint density at radius 1 is 1.86 bits per heavy atom. The Morgan fingerprint density at radius 2 is 2.43 bits per heavy atom. The molecular formula is C4H8ClNO. The van der Waals surface area contributed by atoms with Crippen molar-refractivity contribution in [3.63, 3.8) is 0 Å². The van der Waals surface area contributed by atoms with Gasteiger partial charge in [-0.05, 0) is 0 Å². The Hall–Kier alpha value is -0.240. The highest BCUT2D eigenvalue weighted by Gasteiger charge is 1.89. The molecule has 0 aromatic rings. The van der Waals surface area contributed by atoms with Crippen LogP contribution >= 0.6 is 11.6 Å². The maximum atomic E-state index is 10.2. The van der Waals surface area contributed by atoms with Gasteiger partial charge in [0.05, 0.1) is 6.00 Å². The van der Waals surface area contributed by atoms with Gasteiger partial charge in [-0.1, -0.05) is 6.92 Å². The van der Waals surface area contributed by atoms with Crippen molar-refractivity contribution in [2.75, 3.05) is 6.00 Å². The van der Waals surface area contributed by atoms with Crippen LogP contribution in [0.15, 0.2) is 0 Å². The molecule has 0 saturated carbocycles. The van der Waals surface area contributed by atoms with Crippen LogP contribution in [0.25, 0.3) is 0 Å². The third-order valence-electron chi connectivity index (χ3n) is 0.585. The summed E-state index contributed by atoms with van der Waals surface area (Å²) in [7, 11) is 0. The molecule has 0 aromatic carbocycles. The molecular weight excluding hydrogens is 114 g/mol. The van der Waals surface area contributed by atoms with E-state index in [4.69, 9.17) is 11.6 Å². The summed E-state index contributed by atoms with van der Waals surface area (Å²) < 4.78 is 0. The number of hydrogen-bond donors (Lipinski definition) is 1. The van der Waals surface area contributed by atoms with Crippen molar-refractivity contribution in [1.29, 1.82) is 0 Å². The van der Waals surface area contributed by atoms with Gasteiger partial charge in [0.15, 0.2) is 0 Å². The molecule has 3 heteroatoms.